The third-order valence-corrected chi connectivity index (χ3v) is 5.36. The second-order valence-corrected chi connectivity index (χ2v) is 8.21. The first-order chi connectivity index (χ1) is 13.4. The summed E-state index contributed by atoms with van der Waals surface area (Å²) in [7, 11) is -3.43. The van der Waals surface area contributed by atoms with Gasteiger partial charge in [-0.25, -0.2) is 18.4 Å². The van der Waals surface area contributed by atoms with E-state index in [0.29, 0.717) is 33.8 Å². The molecule has 4 rings (SSSR count). The van der Waals surface area contributed by atoms with Crippen LogP contribution in [-0.4, -0.2) is 35.5 Å². The van der Waals surface area contributed by atoms with Crippen LogP contribution in [0.5, 0.6) is 0 Å². The van der Waals surface area contributed by atoms with Crippen molar-refractivity contribution in [1.29, 1.82) is 0 Å². The van der Waals surface area contributed by atoms with Gasteiger partial charge in [0.2, 0.25) is 0 Å². The molecule has 0 bridgehead atoms. The Morgan fingerprint density at radius 3 is 2.54 bits per heavy atom. The van der Waals surface area contributed by atoms with Gasteiger partial charge >= 0.3 is 0 Å². The minimum Gasteiger partial charge on any atom is -0.338 e. The molecule has 4 aromatic rings. The third-order valence-electron chi connectivity index (χ3n) is 4.21. The molecule has 0 aliphatic carbocycles. The molecular weight excluding hydrogens is 376 g/mol. The first kappa shape index (κ1) is 17.9. The predicted octanol–water partition coefficient (Wildman–Crippen LogP) is 3.28. The lowest BCUT2D eigenvalue weighted by Gasteiger charge is -2.05. The molecule has 0 fully saturated rings. The van der Waals surface area contributed by atoms with Crippen LogP contribution in [0.4, 0.5) is 5.82 Å². The molecule has 0 saturated heterocycles. The number of imidazole rings is 1. The van der Waals surface area contributed by atoms with E-state index < -0.39 is 9.84 Å². The Bertz CT molecular complexity index is 1280. The highest BCUT2D eigenvalue weighted by Gasteiger charge is 2.19. The van der Waals surface area contributed by atoms with Crippen LogP contribution in [0.3, 0.4) is 0 Å². The molecular formula is C20H16N4O3S. The standard InChI is InChI=1S/C20H16N4O3S/c1-28(26,27)16-10-3-2-7-13(16)19-22-15-9-6-8-14(18(15)24-19)20(25)23-17-11-4-5-12-21-17/h2-12H,1H3,(H,22,24)(H,21,23,25). The Kier molecular flexibility index (Phi) is 4.40. The van der Waals surface area contributed by atoms with Gasteiger partial charge in [-0.1, -0.05) is 24.3 Å². The van der Waals surface area contributed by atoms with Crippen molar-refractivity contribution in [1.82, 2.24) is 15.0 Å². The van der Waals surface area contributed by atoms with Crippen molar-refractivity contribution in [2.45, 2.75) is 4.90 Å². The Labute approximate surface area is 161 Å². The maximum absolute atomic E-state index is 12.7. The van der Waals surface area contributed by atoms with E-state index >= 15 is 0 Å². The van der Waals surface area contributed by atoms with Crippen LogP contribution < -0.4 is 5.32 Å². The summed E-state index contributed by atoms with van der Waals surface area (Å²) in [6, 6.07) is 17.0. The van der Waals surface area contributed by atoms with E-state index in [9.17, 15) is 13.2 Å². The van der Waals surface area contributed by atoms with Crippen molar-refractivity contribution in [3.63, 3.8) is 0 Å². The topological polar surface area (TPSA) is 105 Å². The summed E-state index contributed by atoms with van der Waals surface area (Å²) in [5.74, 6) is 0.468. The van der Waals surface area contributed by atoms with E-state index in [1.807, 2.05) is 0 Å². The van der Waals surface area contributed by atoms with Gasteiger partial charge in [-0.05, 0) is 36.4 Å². The lowest BCUT2D eigenvalue weighted by Crippen LogP contribution is -2.13. The van der Waals surface area contributed by atoms with Gasteiger partial charge in [-0.15, -0.1) is 0 Å². The molecule has 1 amide bonds. The molecule has 2 aromatic heterocycles. The SMILES string of the molecule is CS(=O)(=O)c1ccccc1-c1nc2c(C(=O)Nc3ccccn3)cccc2[nH]1. The average Bonchev–Trinajstić information content (AvgIpc) is 3.12. The van der Waals surface area contributed by atoms with Crippen molar-refractivity contribution < 1.29 is 13.2 Å². The van der Waals surface area contributed by atoms with Crippen molar-refractivity contribution in [3.8, 4) is 11.4 Å². The van der Waals surface area contributed by atoms with Crippen LogP contribution in [-0.2, 0) is 9.84 Å². The highest BCUT2D eigenvalue weighted by atomic mass is 32.2. The van der Waals surface area contributed by atoms with E-state index in [4.69, 9.17) is 0 Å². The molecule has 7 nitrogen and oxygen atoms in total. The molecule has 0 atom stereocenters. The summed E-state index contributed by atoms with van der Waals surface area (Å²) in [6.45, 7) is 0. The number of nitrogens with one attached hydrogen (secondary N) is 2. The second-order valence-electron chi connectivity index (χ2n) is 6.22. The molecule has 0 unspecified atom stereocenters. The number of pyridine rings is 1. The number of fused-ring (bicyclic) bond motifs is 1. The summed E-state index contributed by atoms with van der Waals surface area (Å²) in [6.07, 6.45) is 2.74. The lowest BCUT2D eigenvalue weighted by molar-refractivity contribution is 0.102. The van der Waals surface area contributed by atoms with Gasteiger partial charge in [0.15, 0.2) is 9.84 Å². The monoisotopic (exact) mass is 392 g/mol. The number of aromatic nitrogens is 3. The Morgan fingerprint density at radius 1 is 1.00 bits per heavy atom. The van der Waals surface area contributed by atoms with Gasteiger partial charge in [-0.2, -0.15) is 0 Å². The highest BCUT2D eigenvalue weighted by molar-refractivity contribution is 7.90. The Hall–Kier alpha value is -3.52. The predicted molar refractivity (Wildman–Crippen MR) is 107 cm³/mol. The van der Waals surface area contributed by atoms with Gasteiger partial charge in [0.25, 0.3) is 5.91 Å². The number of H-pyrrole nitrogens is 1. The number of rotatable bonds is 4. The maximum Gasteiger partial charge on any atom is 0.259 e. The van der Waals surface area contributed by atoms with Crippen molar-refractivity contribution >= 4 is 32.6 Å². The fraction of sp³-hybridized carbons (Fsp3) is 0.0500. The molecule has 0 aliphatic heterocycles. The van der Waals surface area contributed by atoms with E-state index in [1.54, 1.807) is 60.8 Å². The highest BCUT2D eigenvalue weighted by Crippen LogP contribution is 2.28. The summed E-state index contributed by atoms with van der Waals surface area (Å²) in [5.41, 5.74) is 1.90. The fourth-order valence-corrected chi connectivity index (χ4v) is 3.84. The summed E-state index contributed by atoms with van der Waals surface area (Å²) >= 11 is 0. The van der Waals surface area contributed by atoms with Crippen molar-refractivity contribution in [2.24, 2.45) is 0 Å². The summed E-state index contributed by atoms with van der Waals surface area (Å²) in [4.78, 5) is 24.6. The molecule has 0 aliphatic rings. The van der Waals surface area contributed by atoms with Crippen molar-refractivity contribution in [2.75, 3.05) is 11.6 Å². The van der Waals surface area contributed by atoms with Crippen molar-refractivity contribution in [3.05, 3.63) is 72.4 Å². The second kappa shape index (κ2) is 6.90. The lowest BCUT2D eigenvalue weighted by atomic mass is 10.1. The number of sulfone groups is 1. The zero-order valence-corrected chi connectivity index (χ0v) is 15.7. The molecule has 2 heterocycles. The summed E-state index contributed by atoms with van der Waals surface area (Å²) in [5, 5.41) is 2.74. The molecule has 8 heteroatoms. The quantitative estimate of drug-likeness (QED) is 0.554. The normalized spacial score (nSPS) is 11.5. The minimum atomic E-state index is -3.43. The van der Waals surface area contributed by atoms with Crippen LogP contribution in [0.25, 0.3) is 22.4 Å². The van der Waals surface area contributed by atoms with Crippen LogP contribution in [0.2, 0.25) is 0 Å². The smallest absolute Gasteiger partial charge is 0.259 e. The van der Waals surface area contributed by atoms with Gasteiger partial charge in [0.1, 0.15) is 17.2 Å². The number of carbonyl (C=O) groups excluding carboxylic acids is 1. The van der Waals surface area contributed by atoms with Crippen LogP contribution in [0.1, 0.15) is 10.4 Å². The first-order valence-corrected chi connectivity index (χ1v) is 10.3. The third kappa shape index (κ3) is 3.37. The van der Waals surface area contributed by atoms with Gasteiger partial charge < -0.3 is 10.3 Å². The van der Waals surface area contributed by atoms with E-state index in [2.05, 4.69) is 20.3 Å². The largest absolute Gasteiger partial charge is 0.338 e. The number of anilines is 1. The number of amides is 1. The van der Waals surface area contributed by atoms with E-state index in [1.165, 1.54) is 6.07 Å². The molecule has 0 radical (unpaired) electrons. The van der Waals surface area contributed by atoms with E-state index in [0.717, 1.165) is 6.26 Å². The Morgan fingerprint density at radius 2 is 1.79 bits per heavy atom. The first-order valence-electron chi connectivity index (χ1n) is 8.44. The summed E-state index contributed by atoms with van der Waals surface area (Å²) < 4.78 is 24.2. The van der Waals surface area contributed by atoms with E-state index in [-0.39, 0.29) is 10.8 Å². The van der Waals surface area contributed by atoms with Gasteiger partial charge in [0, 0.05) is 18.0 Å². The number of hydrogen-bond donors (Lipinski definition) is 2. The molecule has 0 spiro atoms. The number of benzene rings is 2. The molecule has 28 heavy (non-hydrogen) atoms. The van der Waals surface area contributed by atoms with Gasteiger partial charge in [0.05, 0.1) is 16.0 Å². The fourth-order valence-electron chi connectivity index (χ4n) is 2.95. The number of hydrogen-bond acceptors (Lipinski definition) is 5. The zero-order chi connectivity index (χ0) is 19.7. The maximum atomic E-state index is 12.7. The minimum absolute atomic E-state index is 0.175. The number of carbonyl (C=O) groups is 1. The number of nitrogens with zero attached hydrogens (tertiary/aromatic N) is 2. The zero-order valence-electron chi connectivity index (χ0n) is 14.9. The molecule has 140 valence electrons. The Balaban J connectivity index is 1.80. The number of para-hydroxylation sites is 1. The van der Waals surface area contributed by atoms with Gasteiger partial charge in [-0.3, -0.25) is 4.79 Å². The number of aromatic amines is 1. The molecule has 0 saturated carbocycles. The van der Waals surface area contributed by atoms with Crippen LogP contribution >= 0.6 is 0 Å². The van der Waals surface area contributed by atoms with Crippen LogP contribution in [0, 0.1) is 0 Å². The van der Waals surface area contributed by atoms with Crippen LogP contribution in [0.15, 0.2) is 71.8 Å². The molecule has 2 aromatic carbocycles. The molecule has 2 N–H and O–H groups in total. The average molecular weight is 392 g/mol.